The topological polar surface area (TPSA) is 63.7 Å². The smallest absolute Gasteiger partial charge is 0.327 e. The number of carbonyl (C=O) groups excluding carboxylic acids is 1. The number of cyclic esters (lactones) is 1. The Kier molecular flexibility index (Phi) is 2.96. The molecule has 16 heavy (non-hydrogen) atoms. The second kappa shape index (κ2) is 4.00. The Bertz CT molecular complexity index is 384. The molecule has 2 aliphatic rings. The highest BCUT2D eigenvalue weighted by Crippen LogP contribution is 2.38. The van der Waals surface area contributed by atoms with Crippen molar-refractivity contribution in [2.24, 2.45) is 0 Å². The zero-order valence-electron chi connectivity index (χ0n) is 9.44. The molecule has 0 aromatic rings. The van der Waals surface area contributed by atoms with Gasteiger partial charge in [-0.05, 0) is 12.8 Å². The van der Waals surface area contributed by atoms with Gasteiger partial charge in [0.2, 0.25) is 10.0 Å². The summed E-state index contributed by atoms with van der Waals surface area (Å²) in [5, 5.41) is 0. The minimum atomic E-state index is -3.33. The summed E-state index contributed by atoms with van der Waals surface area (Å²) in [6.07, 6.45) is 5.20. The van der Waals surface area contributed by atoms with E-state index in [1.165, 1.54) is 10.6 Å². The highest BCUT2D eigenvalue weighted by atomic mass is 32.2. The molecule has 0 aromatic heterocycles. The fraction of sp³-hybridized carbons (Fsp3) is 0.900. The fourth-order valence-electron chi connectivity index (χ4n) is 2.74. The molecular weight excluding hydrogens is 230 g/mol. The summed E-state index contributed by atoms with van der Waals surface area (Å²) in [7, 11) is -3.33. The summed E-state index contributed by atoms with van der Waals surface area (Å²) in [4.78, 5) is 11.9. The lowest BCUT2D eigenvalue weighted by atomic mass is 9.81. The van der Waals surface area contributed by atoms with Gasteiger partial charge in [0, 0.05) is 6.54 Å². The lowest BCUT2D eigenvalue weighted by molar-refractivity contribution is -0.165. The van der Waals surface area contributed by atoms with Crippen LogP contribution < -0.4 is 0 Å². The number of esters is 1. The molecule has 0 radical (unpaired) electrons. The van der Waals surface area contributed by atoms with E-state index in [0.717, 1.165) is 19.3 Å². The molecule has 5 nitrogen and oxygen atoms in total. The second-order valence-electron chi connectivity index (χ2n) is 4.56. The Balaban J connectivity index is 2.37. The van der Waals surface area contributed by atoms with E-state index in [1.54, 1.807) is 0 Å². The molecule has 1 aliphatic carbocycles. The predicted octanol–water partition coefficient (Wildman–Crippen LogP) is 0.508. The zero-order valence-corrected chi connectivity index (χ0v) is 10.3. The molecule has 0 unspecified atom stereocenters. The van der Waals surface area contributed by atoms with Crippen molar-refractivity contribution in [3.05, 3.63) is 0 Å². The van der Waals surface area contributed by atoms with Crippen molar-refractivity contribution < 1.29 is 17.9 Å². The Morgan fingerprint density at radius 2 is 1.88 bits per heavy atom. The van der Waals surface area contributed by atoms with Crippen molar-refractivity contribution in [1.82, 2.24) is 4.31 Å². The van der Waals surface area contributed by atoms with Crippen molar-refractivity contribution in [3.63, 3.8) is 0 Å². The van der Waals surface area contributed by atoms with Gasteiger partial charge in [-0.2, -0.15) is 4.31 Å². The molecule has 1 heterocycles. The van der Waals surface area contributed by atoms with E-state index in [-0.39, 0.29) is 12.6 Å². The van der Waals surface area contributed by atoms with E-state index in [4.69, 9.17) is 4.74 Å². The normalized spacial score (nSPS) is 26.7. The molecule has 0 bridgehead atoms. The van der Waals surface area contributed by atoms with Crippen molar-refractivity contribution >= 4 is 16.0 Å². The number of hydrogen-bond acceptors (Lipinski definition) is 4. The maximum absolute atomic E-state index is 11.9. The van der Waals surface area contributed by atoms with Crippen LogP contribution in [0.2, 0.25) is 0 Å². The van der Waals surface area contributed by atoms with Gasteiger partial charge in [-0.1, -0.05) is 19.3 Å². The van der Waals surface area contributed by atoms with Gasteiger partial charge in [-0.3, -0.25) is 4.79 Å². The third-order valence-corrected chi connectivity index (χ3v) is 4.80. The summed E-state index contributed by atoms with van der Waals surface area (Å²) >= 11 is 0. The standard InChI is InChI=1S/C10H17NO4S/c1-16(13,14)11-7-8-15-9(12)10(11)5-3-2-4-6-10/h2-8H2,1H3. The van der Waals surface area contributed by atoms with Gasteiger partial charge in [0.25, 0.3) is 0 Å². The summed E-state index contributed by atoms with van der Waals surface area (Å²) in [5.74, 6) is -0.358. The molecular formula is C10H17NO4S. The average Bonchev–Trinajstić information content (AvgIpc) is 2.22. The number of ether oxygens (including phenoxy) is 1. The number of morpholine rings is 1. The van der Waals surface area contributed by atoms with Gasteiger partial charge in [0.1, 0.15) is 12.1 Å². The minimum Gasteiger partial charge on any atom is -0.463 e. The molecule has 1 aliphatic heterocycles. The Hall–Kier alpha value is -0.620. The summed E-state index contributed by atoms with van der Waals surface area (Å²) in [6, 6.07) is 0. The van der Waals surface area contributed by atoms with Gasteiger partial charge in [-0.15, -0.1) is 0 Å². The van der Waals surface area contributed by atoms with Gasteiger partial charge < -0.3 is 4.74 Å². The maximum Gasteiger partial charge on any atom is 0.327 e. The monoisotopic (exact) mass is 247 g/mol. The van der Waals surface area contributed by atoms with Crippen molar-refractivity contribution in [3.8, 4) is 0 Å². The zero-order chi connectivity index (χ0) is 11.8. The summed E-state index contributed by atoms with van der Waals surface area (Å²) < 4.78 is 29.9. The van der Waals surface area contributed by atoms with Crippen LogP contribution in [0.15, 0.2) is 0 Å². The van der Waals surface area contributed by atoms with Crippen molar-refractivity contribution in [2.75, 3.05) is 19.4 Å². The van der Waals surface area contributed by atoms with E-state index in [9.17, 15) is 13.2 Å². The largest absolute Gasteiger partial charge is 0.463 e. The number of nitrogens with zero attached hydrogens (tertiary/aromatic N) is 1. The molecule has 0 atom stereocenters. The van der Waals surface area contributed by atoms with Crippen LogP contribution in [0.5, 0.6) is 0 Å². The molecule has 0 amide bonds. The quantitative estimate of drug-likeness (QED) is 0.633. The SMILES string of the molecule is CS(=O)(=O)N1CCOC(=O)C12CCCCC2. The molecule has 1 spiro atoms. The maximum atomic E-state index is 11.9. The van der Waals surface area contributed by atoms with Gasteiger partial charge in [0.15, 0.2) is 0 Å². The van der Waals surface area contributed by atoms with Crippen molar-refractivity contribution in [2.45, 2.75) is 37.6 Å². The van der Waals surface area contributed by atoms with Crippen LogP contribution in [0.4, 0.5) is 0 Å². The van der Waals surface area contributed by atoms with E-state index < -0.39 is 15.6 Å². The van der Waals surface area contributed by atoms with E-state index in [1.807, 2.05) is 0 Å². The predicted molar refractivity (Wildman–Crippen MR) is 58.3 cm³/mol. The van der Waals surface area contributed by atoms with Crippen LogP contribution in [0.3, 0.4) is 0 Å². The van der Waals surface area contributed by atoms with Crippen LogP contribution in [0.25, 0.3) is 0 Å². The van der Waals surface area contributed by atoms with Gasteiger partial charge in [-0.25, -0.2) is 8.42 Å². The van der Waals surface area contributed by atoms with Crippen LogP contribution in [0, 0.1) is 0 Å². The Labute approximate surface area is 95.8 Å². The molecule has 0 N–H and O–H groups in total. The Morgan fingerprint density at radius 3 is 2.44 bits per heavy atom. The summed E-state index contributed by atoms with van der Waals surface area (Å²) in [5.41, 5.74) is -0.899. The molecule has 6 heteroatoms. The molecule has 92 valence electrons. The first-order valence-electron chi connectivity index (χ1n) is 5.62. The van der Waals surface area contributed by atoms with Gasteiger partial charge in [0.05, 0.1) is 6.26 Å². The lowest BCUT2D eigenvalue weighted by Crippen LogP contribution is -2.62. The number of carbonyl (C=O) groups is 1. The first-order valence-corrected chi connectivity index (χ1v) is 7.47. The van der Waals surface area contributed by atoms with Gasteiger partial charge >= 0.3 is 5.97 Å². The van der Waals surface area contributed by atoms with E-state index >= 15 is 0 Å². The first-order chi connectivity index (χ1) is 7.47. The number of rotatable bonds is 1. The molecule has 0 aromatic carbocycles. The van der Waals surface area contributed by atoms with Crippen molar-refractivity contribution in [1.29, 1.82) is 0 Å². The first kappa shape index (κ1) is 11.9. The van der Waals surface area contributed by atoms with Crippen LogP contribution in [-0.4, -0.2) is 43.6 Å². The van der Waals surface area contributed by atoms with E-state index in [0.29, 0.717) is 19.4 Å². The highest BCUT2D eigenvalue weighted by molar-refractivity contribution is 7.88. The van der Waals surface area contributed by atoms with E-state index in [2.05, 4.69) is 0 Å². The molecule has 2 fully saturated rings. The fourth-order valence-corrected chi connectivity index (χ4v) is 4.04. The number of sulfonamides is 1. The third kappa shape index (κ3) is 1.84. The van der Waals surface area contributed by atoms with Crippen LogP contribution >= 0.6 is 0 Å². The molecule has 1 saturated heterocycles. The Morgan fingerprint density at radius 1 is 1.25 bits per heavy atom. The summed E-state index contributed by atoms with van der Waals surface area (Å²) in [6.45, 7) is 0.470. The lowest BCUT2D eigenvalue weighted by Gasteiger charge is -2.45. The second-order valence-corrected chi connectivity index (χ2v) is 6.47. The molecule has 2 rings (SSSR count). The minimum absolute atomic E-state index is 0.174. The average molecular weight is 247 g/mol. The number of hydrogen-bond donors (Lipinski definition) is 0. The van der Waals surface area contributed by atoms with Crippen LogP contribution in [0.1, 0.15) is 32.1 Å². The molecule has 1 saturated carbocycles. The van der Waals surface area contributed by atoms with Crippen LogP contribution in [-0.2, 0) is 19.6 Å². The highest BCUT2D eigenvalue weighted by Gasteiger charge is 2.51. The third-order valence-electron chi connectivity index (χ3n) is 3.47.